The minimum absolute atomic E-state index is 0.142. The largest absolute Gasteiger partial charge is 0.467 e. The van der Waals surface area contributed by atoms with E-state index < -0.39 is 48.0 Å². The zero-order chi connectivity index (χ0) is 34.3. The third-order valence-electron chi connectivity index (χ3n) is 7.75. The summed E-state index contributed by atoms with van der Waals surface area (Å²) < 4.78 is 4.84. The van der Waals surface area contributed by atoms with Crippen molar-refractivity contribution in [2.75, 3.05) is 7.11 Å². The standard InChI is InChI=1S/C34H57N5O6/c1-10-23(8)31(33(43)39-30(22(6)7)34(44)45-9)38-29(41)19-25(35)26(18-24-14-12-11-13-15-24)37-32(42)27(16-20(2)3)36-28(40)17-21(4)5/h11-15,20-23,25-27,30-31H,10,16-19,35H2,1-9H3,(H,36,40)(H,37,42)(H,38,41)(H,39,43)/t23-,25-,26-,27-,30-,31-/m0/s1. The van der Waals surface area contributed by atoms with E-state index in [-0.39, 0.29) is 41.9 Å². The summed E-state index contributed by atoms with van der Waals surface area (Å²) >= 11 is 0. The number of esters is 1. The first-order chi connectivity index (χ1) is 21.1. The van der Waals surface area contributed by atoms with Crippen LogP contribution < -0.4 is 27.0 Å². The summed E-state index contributed by atoms with van der Waals surface area (Å²) in [7, 11) is 1.26. The van der Waals surface area contributed by atoms with Crippen molar-refractivity contribution in [3.8, 4) is 0 Å². The summed E-state index contributed by atoms with van der Waals surface area (Å²) in [5.74, 6) is -2.25. The average molecular weight is 632 g/mol. The summed E-state index contributed by atoms with van der Waals surface area (Å²) in [4.78, 5) is 65.0. The Hall–Kier alpha value is -3.47. The molecule has 45 heavy (non-hydrogen) atoms. The Morgan fingerprint density at radius 1 is 0.756 bits per heavy atom. The van der Waals surface area contributed by atoms with Crippen molar-refractivity contribution in [3.05, 3.63) is 35.9 Å². The van der Waals surface area contributed by atoms with Gasteiger partial charge in [0.25, 0.3) is 0 Å². The molecule has 0 aliphatic carbocycles. The number of benzene rings is 1. The van der Waals surface area contributed by atoms with E-state index in [0.717, 1.165) is 5.56 Å². The Balaban J connectivity index is 3.16. The quantitative estimate of drug-likeness (QED) is 0.146. The van der Waals surface area contributed by atoms with Gasteiger partial charge in [-0.15, -0.1) is 0 Å². The van der Waals surface area contributed by atoms with Gasteiger partial charge in [-0.1, -0.05) is 92.1 Å². The molecule has 1 rings (SSSR count). The van der Waals surface area contributed by atoms with Gasteiger partial charge in [0.2, 0.25) is 23.6 Å². The van der Waals surface area contributed by atoms with Gasteiger partial charge in [-0.3, -0.25) is 19.2 Å². The predicted molar refractivity (Wildman–Crippen MR) is 176 cm³/mol. The van der Waals surface area contributed by atoms with E-state index in [9.17, 15) is 24.0 Å². The lowest BCUT2D eigenvalue weighted by molar-refractivity contribution is -0.147. The Labute approximate surface area is 269 Å². The fourth-order valence-electron chi connectivity index (χ4n) is 4.95. The van der Waals surface area contributed by atoms with Crippen LogP contribution in [0.3, 0.4) is 0 Å². The number of rotatable bonds is 19. The zero-order valence-corrected chi connectivity index (χ0v) is 28.6. The Kier molecular flexibility index (Phi) is 17.4. The minimum Gasteiger partial charge on any atom is -0.467 e. The van der Waals surface area contributed by atoms with Gasteiger partial charge in [0.15, 0.2) is 0 Å². The van der Waals surface area contributed by atoms with Crippen LogP contribution >= 0.6 is 0 Å². The number of hydrogen-bond acceptors (Lipinski definition) is 7. The van der Waals surface area contributed by atoms with Crippen LogP contribution in [0.2, 0.25) is 0 Å². The summed E-state index contributed by atoms with van der Waals surface area (Å²) in [6.07, 6.45) is 1.54. The molecule has 0 aliphatic rings. The fraction of sp³-hybridized carbons (Fsp3) is 0.676. The number of carbonyl (C=O) groups is 5. The lowest BCUT2D eigenvalue weighted by Crippen LogP contribution is -2.58. The highest BCUT2D eigenvalue weighted by Crippen LogP contribution is 2.14. The van der Waals surface area contributed by atoms with E-state index in [1.807, 2.05) is 71.9 Å². The molecule has 6 atom stereocenters. The molecule has 0 aromatic heterocycles. The van der Waals surface area contributed by atoms with Gasteiger partial charge in [0, 0.05) is 24.9 Å². The smallest absolute Gasteiger partial charge is 0.328 e. The molecule has 11 nitrogen and oxygen atoms in total. The van der Waals surface area contributed by atoms with Crippen LogP contribution in [-0.4, -0.2) is 66.9 Å². The Bertz CT molecular complexity index is 1090. The molecule has 0 heterocycles. The summed E-state index contributed by atoms with van der Waals surface area (Å²) in [6, 6.07) is 5.52. The summed E-state index contributed by atoms with van der Waals surface area (Å²) in [6.45, 7) is 15.2. The van der Waals surface area contributed by atoms with E-state index in [2.05, 4.69) is 21.3 Å². The maximum absolute atomic E-state index is 13.6. The topological polar surface area (TPSA) is 169 Å². The molecule has 4 amide bonds. The van der Waals surface area contributed by atoms with Crippen LogP contribution in [0.1, 0.15) is 86.6 Å². The van der Waals surface area contributed by atoms with Gasteiger partial charge in [0.05, 0.1) is 7.11 Å². The lowest BCUT2D eigenvalue weighted by atomic mass is 9.94. The zero-order valence-electron chi connectivity index (χ0n) is 28.6. The van der Waals surface area contributed by atoms with Crippen LogP contribution in [0.5, 0.6) is 0 Å². The molecule has 0 aliphatic heterocycles. The highest BCUT2D eigenvalue weighted by Gasteiger charge is 2.33. The van der Waals surface area contributed by atoms with Gasteiger partial charge in [-0.05, 0) is 42.1 Å². The van der Waals surface area contributed by atoms with Gasteiger partial charge >= 0.3 is 5.97 Å². The van der Waals surface area contributed by atoms with Gasteiger partial charge in [-0.25, -0.2) is 4.79 Å². The molecule has 6 N–H and O–H groups in total. The second kappa shape index (κ2) is 19.8. The average Bonchev–Trinajstić information content (AvgIpc) is 2.96. The van der Waals surface area contributed by atoms with Crippen molar-refractivity contribution in [2.45, 2.75) is 118 Å². The van der Waals surface area contributed by atoms with Crippen LogP contribution in [-0.2, 0) is 35.1 Å². The molecule has 1 aromatic rings. The maximum Gasteiger partial charge on any atom is 0.328 e. The molecule has 0 unspecified atom stereocenters. The van der Waals surface area contributed by atoms with Gasteiger partial charge in [-0.2, -0.15) is 0 Å². The SMILES string of the molecule is CC[C@H](C)[C@H](NC(=O)C[C@H](N)[C@H](Cc1ccccc1)NC(=O)[C@H](CC(C)C)NC(=O)CC(C)C)C(=O)N[C@H](C(=O)OC)C(C)C. The van der Waals surface area contributed by atoms with E-state index in [1.54, 1.807) is 13.8 Å². The second-order valence-corrected chi connectivity index (χ2v) is 13.2. The van der Waals surface area contributed by atoms with Crippen molar-refractivity contribution in [1.82, 2.24) is 21.3 Å². The van der Waals surface area contributed by atoms with Crippen molar-refractivity contribution in [1.29, 1.82) is 0 Å². The fourth-order valence-corrected chi connectivity index (χ4v) is 4.95. The molecule has 11 heteroatoms. The molecular formula is C34H57N5O6. The Morgan fingerprint density at radius 2 is 1.36 bits per heavy atom. The maximum atomic E-state index is 13.6. The first-order valence-electron chi connectivity index (χ1n) is 16.2. The molecule has 0 bridgehead atoms. The highest BCUT2D eigenvalue weighted by atomic mass is 16.5. The lowest BCUT2D eigenvalue weighted by Gasteiger charge is -2.30. The number of hydrogen-bond donors (Lipinski definition) is 5. The number of methoxy groups -OCH3 is 1. The number of amides is 4. The molecule has 0 saturated carbocycles. The molecular weight excluding hydrogens is 574 g/mol. The number of carbonyl (C=O) groups excluding carboxylic acids is 5. The number of nitrogens with two attached hydrogens (primary N) is 1. The predicted octanol–water partition coefficient (Wildman–Crippen LogP) is 2.85. The molecule has 0 spiro atoms. The van der Waals surface area contributed by atoms with E-state index in [1.165, 1.54) is 7.11 Å². The van der Waals surface area contributed by atoms with E-state index >= 15 is 0 Å². The summed E-state index contributed by atoms with van der Waals surface area (Å²) in [5.41, 5.74) is 7.52. The third kappa shape index (κ3) is 14.4. The van der Waals surface area contributed by atoms with Crippen molar-refractivity contribution in [2.24, 2.45) is 29.4 Å². The third-order valence-corrected chi connectivity index (χ3v) is 7.75. The first kappa shape index (κ1) is 39.6. The second-order valence-electron chi connectivity index (χ2n) is 13.2. The normalized spacial score (nSPS) is 15.4. The van der Waals surface area contributed by atoms with E-state index in [4.69, 9.17) is 10.5 Å². The van der Waals surface area contributed by atoms with Crippen molar-refractivity contribution >= 4 is 29.6 Å². The number of nitrogens with one attached hydrogen (secondary N) is 4. The van der Waals surface area contributed by atoms with Crippen LogP contribution in [0.15, 0.2) is 30.3 Å². The van der Waals surface area contributed by atoms with Crippen molar-refractivity contribution in [3.63, 3.8) is 0 Å². The van der Waals surface area contributed by atoms with Gasteiger partial charge < -0.3 is 31.7 Å². The van der Waals surface area contributed by atoms with E-state index in [0.29, 0.717) is 25.7 Å². The molecule has 254 valence electrons. The molecule has 0 saturated heterocycles. The molecule has 0 radical (unpaired) electrons. The molecule has 1 aromatic carbocycles. The van der Waals surface area contributed by atoms with Crippen LogP contribution in [0.25, 0.3) is 0 Å². The van der Waals surface area contributed by atoms with Crippen molar-refractivity contribution < 1.29 is 28.7 Å². The van der Waals surface area contributed by atoms with Gasteiger partial charge in [0.1, 0.15) is 18.1 Å². The Morgan fingerprint density at radius 3 is 1.87 bits per heavy atom. The first-order valence-corrected chi connectivity index (χ1v) is 16.2. The number of ether oxygens (including phenoxy) is 1. The summed E-state index contributed by atoms with van der Waals surface area (Å²) in [5, 5.41) is 11.4. The molecule has 0 fully saturated rings. The highest BCUT2D eigenvalue weighted by molar-refractivity contribution is 5.91. The van der Waals surface area contributed by atoms with Crippen LogP contribution in [0.4, 0.5) is 0 Å². The van der Waals surface area contributed by atoms with Crippen LogP contribution in [0, 0.1) is 23.7 Å². The monoisotopic (exact) mass is 631 g/mol. The minimum atomic E-state index is -0.908.